The van der Waals surface area contributed by atoms with E-state index >= 15 is 0 Å². The fraction of sp³-hybridized carbons (Fsp3) is 0.917. The van der Waals surface area contributed by atoms with Crippen LogP contribution >= 0.6 is 0 Å². The average Bonchev–Trinajstić information content (AvgIpc) is 2.66. The van der Waals surface area contributed by atoms with E-state index in [1.807, 2.05) is 18.7 Å². The first kappa shape index (κ1) is 25.5. The van der Waals surface area contributed by atoms with Gasteiger partial charge in [0.15, 0.2) is 0 Å². The first-order valence-corrected chi connectivity index (χ1v) is 14.2. The van der Waals surface area contributed by atoms with Gasteiger partial charge in [0.2, 0.25) is 10.0 Å². The summed E-state index contributed by atoms with van der Waals surface area (Å²) in [4.78, 5) is 27.4. The molecule has 1 saturated heterocycles. The fourth-order valence-corrected chi connectivity index (χ4v) is 7.79. The summed E-state index contributed by atoms with van der Waals surface area (Å²) >= 11 is 0. The summed E-state index contributed by atoms with van der Waals surface area (Å²) in [6.07, 6.45) is 6.62. The molecule has 1 aliphatic heterocycles. The van der Waals surface area contributed by atoms with Gasteiger partial charge in [-0.15, -0.1) is 0 Å². The SMILES string of the molecule is CC(=O)C1C2CCC(C3CCC(NS(C)(=O)=O)C(C)C3)CC2N(C(=O)OC(C)C)C[C@@H]1C. The maximum Gasteiger partial charge on any atom is 0.410 e. The number of piperidine rings is 1. The van der Waals surface area contributed by atoms with Gasteiger partial charge in [-0.2, -0.15) is 0 Å². The number of Topliss-reactive ketones (excluding diaryl/α,β-unsaturated/α-hetero) is 1. The molecular formula is C24H42N2O5S. The van der Waals surface area contributed by atoms with E-state index in [1.165, 1.54) is 6.26 Å². The Morgan fingerprint density at radius 1 is 1.00 bits per heavy atom. The number of hydrogen-bond donors (Lipinski definition) is 1. The predicted octanol–water partition coefficient (Wildman–Crippen LogP) is 3.83. The van der Waals surface area contributed by atoms with Crippen LogP contribution in [-0.2, 0) is 19.6 Å². The van der Waals surface area contributed by atoms with Crippen molar-refractivity contribution in [3.63, 3.8) is 0 Å². The minimum atomic E-state index is -3.20. The number of nitrogens with zero attached hydrogens (tertiary/aromatic N) is 1. The predicted molar refractivity (Wildman–Crippen MR) is 125 cm³/mol. The van der Waals surface area contributed by atoms with E-state index in [1.54, 1.807) is 6.92 Å². The van der Waals surface area contributed by atoms with Crippen LogP contribution < -0.4 is 4.72 Å². The topological polar surface area (TPSA) is 92.8 Å². The number of carbonyl (C=O) groups excluding carboxylic acids is 2. The molecule has 0 bridgehead atoms. The Morgan fingerprint density at radius 2 is 1.62 bits per heavy atom. The number of nitrogens with one attached hydrogen (secondary N) is 1. The third-order valence-electron chi connectivity index (χ3n) is 8.15. The lowest BCUT2D eigenvalue weighted by Gasteiger charge is -2.52. The molecule has 0 aromatic rings. The molecule has 3 rings (SSSR count). The molecule has 3 fully saturated rings. The molecule has 32 heavy (non-hydrogen) atoms. The molecule has 184 valence electrons. The number of sulfonamides is 1. The fourth-order valence-electron chi connectivity index (χ4n) is 6.89. The number of ether oxygens (including phenoxy) is 1. The Labute approximate surface area is 194 Å². The van der Waals surface area contributed by atoms with Crippen LogP contribution in [0.5, 0.6) is 0 Å². The molecule has 2 aliphatic carbocycles. The minimum absolute atomic E-state index is 0.00716. The molecule has 0 aromatic heterocycles. The highest BCUT2D eigenvalue weighted by Gasteiger charge is 2.49. The lowest BCUT2D eigenvalue weighted by Crippen LogP contribution is -2.59. The number of carbonyl (C=O) groups is 2. The van der Waals surface area contributed by atoms with Gasteiger partial charge in [0.25, 0.3) is 0 Å². The van der Waals surface area contributed by atoms with E-state index < -0.39 is 10.0 Å². The van der Waals surface area contributed by atoms with Gasteiger partial charge < -0.3 is 9.64 Å². The smallest absolute Gasteiger partial charge is 0.410 e. The highest BCUT2D eigenvalue weighted by molar-refractivity contribution is 7.88. The molecule has 1 heterocycles. The van der Waals surface area contributed by atoms with Crippen molar-refractivity contribution in [2.45, 2.75) is 91.3 Å². The summed E-state index contributed by atoms with van der Waals surface area (Å²) in [5.74, 6) is 1.91. The number of ketones is 1. The Morgan fingerprint density at radius 3 is 2.19 bits per heavy atom. The van der Waals surface area contributed by atoms with Gasteiger partial charge in [-0.3, -0.25) is 4.79 Å². The van der Waals surface area contributed by atoms with Gasteiger partial charge in [0.05, 0.1) is 12.4 Å². The Balaban J connectivity index is 1.74. The number of rotatable bonds is 5. The second kappa shape index (κ2) is 10.00. The van der Waals surface area contributed by atoms with E-state index in [9.17, 15) is 18.0 Å². The molecule has 2 saturated carbocycles. The maximum absolute atomic E-state index is 12.9. The van der Waals surface area contributed by atoms with E-state index in [0.717, 1.165) is 38.5 Å². The molecular weight excluding hydrogens is 428 g/mol. The number of hydrogen-bond acceptors (Lipinski definition) is 5. The average molecular weight is 471 g/mol. The van der Waals surface area contributed by atoms with E-state index in [2.05, 4.69) is 18.6 Å². The summed E-state index contributed by atoms with van der Waals surface area (Å²) in [5, 5.41) is 0. The molecule has 8 atom stereocenters. The molecule has 0 spiro atoms. The van der Waals surface area contributed by atoms with Crippen molar-refractivity contribution >= 4 is 21.9 Å². The molecule has 0 aromatic carbocycles. The molecule has 8 heteroatoms. The third kappa shape index (κ3) is 5.85. The van der Waals surface area contributed by atoms with E-state index in [-0.39, 0.29) is 47.8 Å². The highest BCUT2D eigenvalue weighted by atomic mass is 32.2. The Kier molecular flexibility index (Phi) is 7.96. The van der Waals surface area contributed by atoms with E-state index in [4.69, 9.17) is 4.74 Å². The third-order valence-corrected chi connectivity index (χ3v) is 8.88. The molecule has 0 radical (unpaired) electrons. The van der Waals surface area contributed by atoms with Crippen LogP contribution in [0.25, 0.3) is 0 Å². The number of likely N-dealkylation sites (tertiary alicyclic amines) is 1. The standard InChI is InChI=1S/C24H42N2O5S/c1-14(2)31-24(28)26-13-16(4)23(17(5)27)20-9-7-19(12-22(20)26)18-8-10-21(15(3)11-18)25-32(6,29)30/h14-16,18-23,25H,7-13H2,1-6H3/t15?,16-,18?,19?,20?,21?,22?,23?/m0/s1. The van der Waals surface area contributed by atoms with Gasteiger partial charge in [-0.25, -0.2) is 17.9 Å². The molecule has 7 unspecified atom stereocenters. The van der Waals surface area contributed by atoms with Gasteiger partial charge in [0.1, 0.15) is 5.78 Å². The lowest BCUT2D eigenvalue weighted by atomic mass is 9.61. The van der Waals surface area contributed by atoms with Crippen LogP contribution in [-0.4, -0.2) is 56.2 Å². The van der Waals surface area contributed by atoms with Gasteiger partial charge >= 0.3 is 6.09 Å². The number of amides is 1. The van der Waals surface area contributed by atoms with Crippen LogP contribution in [0.4, 0.5) is 4.79 Å². The van der Waals surface area contributed by atoms with Crippen molar-refractivity contribution in [1.82, 2.24) is 9.62 Å². The Bertz CT molecular complexity index is 798. The zero-order valence-corrected chi connectivity index (χ0v) is 21.4. The quantitative estimate of drug-likeness (QED) is 0.659. The second-order valence-electron chi connectivity index (χ2n) is 11.0. The van der Waals surface area contributed by atoms with Crippen molar-refractivity contribution in [2.24, 2.45) is 35.5 Å². The zero-order valence-electron chi connectivity index (χ0n) is 20.5. The molecule has 7 nitrogen and oxygen atoms in total. The summed E-state index contributed by atoms with van der Waals surface area (Å²) in [6.45, 7) is 10.2. The van der Waals surface area contributed by atoms with Crippen molar-refractivity contribution in [3.8, 4) is 0 Å². The monoisotopic (exact) mass is 470 g/mol. The summed E-state index contributed by atoms with van der Waals surface area (Å²) in [7, 11) is -3.20. The highest BCUT2D eigenvalue weighted by Crippen LogP contribution is 2.48. The minimum Gasteiger partial charge on any atom is -0.447 e. The first-order chi connectivity index (χ1) is 14.9. The van der Waals surface area contributed by atoms with Gasteiger partial charge in [0, 0.05) is 24.5 Å². The van der Waals surface area contributed by atoms with Crippen molar-refractivity contribution in [2.75, 3.05) is 12.8 Å². The summed E-state index contributed by atoms with van der Waals surface area (Å²) in [6, 6.07) is 0.0556. The molecule has 3 aliphatic rings. The van der Waals surface area contributed by atoms with E-state index in [0.29, 0.717) is 24.3 Å². The second-order valence-corrected chi connectivity index (χ2v) is 12.8. The maximum atomic E-state index is 12.9. The van der Waals surface area contributed by atoms with Crippen LogP contribution in [0.2, 0.25) is 0 Å². The van der Waals surface area contributed by atoms with Crippen molar-refractivity contribution < 1.29 is 22.7 Å². The van der Waals surface area contributed by atoms with Crippen molar-refractivity contribution in [1.29, 1.82) is 0 Å². The van der Waals surface area contributed by atoms with Gasteiger partial charge in [-0.05, 0) is 88.9 Å². The molecule has 1 N–H and O–H groups in total. The first-order valence-electron chi connectivity index (χ1n) is 12.3. The van der Waals surface area contributed by atoms with Crippen LogP contribution in [0.15, 0.2) is 0 Å². The zero-order chi connectivity index (χ0) is 23.8. The normalized spacial score (nSPS) is 38.3. The van der Waals surface area contributed by atoms with Crippen molar-refractivity contribution in [3.05, 3.63) is 0 Å². The van der Waals surface area contributed by atoms with Crippen LogP contribution in [0, 0.1) is 35.5 Å². The molecule has 1 amide bonds. The van der Waals surface area contributed by atoms with Gasteiger partial charge in [-0.1, -0.05) is 13.8 Å². The van der Waals surface area contributed by atoms with Crippen LogP contribution in [0.1, 0.15) is 73.1 Å². The van der Waals surface area contributed by atoms with Crippen LogP contribution in [0.3, 0.4) is 0 Å². The lowest BCUT2D eigenvalue weighted by molar-refractivity contribution is -0.131. The Hall–Kier alpha value is -1.15. The number of fused-ring (bicyclic) bond motifs is 1. The summed E-state index contributed by atoms with van der Waals surface area (Å²) in [5.41, 5.74) is 0. The largest absolute Gasteiger partial charge is 0.447 e. The summed E-state index contributed by atoms with van der Waals surface area (Å²) < 4.78 is 31.8.